The van der Waals surface area contributed by atoms with Crippen molar-refractivity contribution in [3.8, 4) is 0 Å². The lowest BCUT2D eigenvalue weighted by Crippen LogP contribution is -2.31. The van der Waals surface area contributed by atoms with Crippen molar-refractivity contribution < 1.29 is 0 Å². The van der Waals surface area contributed by atoms with Gasteiger partial charge in [-0.3, -0.25) is 0 Å². The largest absolute Gasteiger partial charge is 0.314 e. The molecule has 0 unspecified atom stereocenters. The number of thiophene rings is 1. The first-order valence-electron chi connectivity index (χ1n) is 8.69. The lowest BCUT2D eigenvalue weighted by atomic mass is 9.98. The standard InChI is InChI=1S/C18H31NS/c1-2-4-6-8-10-18(11-9-7-5-3-1)19-14-12-17-13-15-20-16-17/h13,15-16,18-19H,1-12,14H2. The summed E-state index contributed by atoms with van der Waals surface area (Å²) in [7, 11) is 0. The van der Waals surface area contributed by atoms with Crippen LogP contribution in [0.4, 0.5) is 0 Å². The highest BCUT2D eigenvalue weighted by molar-refractivity contribution is 7.07. The van der Waals surface area contributed by atoms with Gasteiger partial charge in [0.15, 0.2) is 0 Å². The molecule has 1 fully saturated rings. The van der Waals surface area contributed by atoms with Crippen LogP contribution >= 0.6 is 11.3 Å². The predicted molar refractivity (Wildman–Crippen MR) is 90.6 cm³/mol. The highest BCUT2D eigenvalue weighted by Gasteiger charge is 2.08. The molecule has 20 heavy (non-hydrogen) atoms. The fraction of sp³-hybridized carbons (Fsp3) is 0.778. The quantitative estimate of drug-likeness (QED) is 0.767. The molecule has 1 aromatic heterocycles. The zero-order chi connectivity index (χ0) is 13.9. The van der Waals surface area contributed by atoms with Crippen LogP contribution in [0.2, 0.25) is 0 Å². The molecule has 2 rings (SSSR count). The van der Waals surface area contributed by atoms with E-state index in [1.807, 2.05) is 11.3 Å². The van der Waals surface area contributed by atoms with Crippen LogP contribution in [0.5, 0.6) is 0 Å². The monoisotopic (exact) mass is 293 g/mol. The summed E-state index contributed by atoms with van der Waals surface area (Å²) in [5, 5.41) is 8.28. The third-order valence-electron chi connectivity index (χ3n) is 4.53. The maximum Gasteiger partial charge on any atom is 0.00671 e. The first-order valence-corrected chi connectivity index (χ1v) is 9.64. The summed E-state index contributed by atoms with van der Waals surface area (Å²) < 4.78 is 0. The Kier molecular flexibility index (Phi) is 8.34. The highest BCUT2D eigenvalue weighted by Crippen LogP contribution is 2.17. The first kappa shape index (κ1) is 16.0. The topological polar surface area (TPSA) is 12.0 Å². The molecule has 0 aromatic carbocycles. The zero-order valence-corrected chi connectivity index (χ0v) is 13.7. The van der Waals surface area contributed by atoms with E-state index < -0.39 is 0 Å². The van der Waals surface area contributed by atoms with Gasteiger partial charge in [-0.05, 0) is 48.2 Å². The van der Waals surface area contributed by atoms with Crippen molar-refractivity contribution >= 4 is 11.3 Å². The average Bonchev–Trinajstić information content (AvgIpc) is 2.94. The Balaban J connectivity index is 1.65. The Bertz CT molecular complexity index is 308. The van der Waals surface area contributed by atoms with E-state index in [9.17, 15) is 0 Å². The molecule has 0 spiro atoms. The predicted octanol–water partition coefficient (Wildman–Crippen LogP) is 5.55. The zero-order valence-electron chi connectivity index (χ0n) is 12.9. The van der Waals surface area contributed by atoms with Gasteiger partial charge >= 0.3 is 0 Å². The van der Waals surface area contributed by atoms with E-state index in [-0.39, 0.29) is 0 Å². The van der Waals surface area contributed by atoms with Crippen LogP contribution < -0.4 is 5.32 Å². The number of hydrogen-bond donors (Lipinski definition) is 1. The van der Waals surface area contributed by atoms with Crippen LogP contribution in [0, 0.1) is 0 Å². The third-order valence-corrected chi connectivity index (χ3v) is 5.26. The average molecular weight is 294 g/mol. The summed E-state index contributed by atoms with van der Waals surface area (Å²) in [6.45, 7) is 1.15. The molecule has 0 atom stereocenters. The van der Waals surface area contributed by atoms with E-state index in [1.165, 1.54) is 82.6 Å². The Morgan fingerprint density at radius 1 is 0.900 bits per heavy atom. The fourth-order valence-corrected chi connectivity index (χ4v) is 3.93. The molecule has 2 heteroatoms. The summed E-state index contributed by atoms with van der Waals surface area (Å²) in [6, 6.07) is 3.03. The normalized spacial score (nSPS) is 20.2. The van der Waals surface area contributed by atoms with Crippen LogP contribution in [0.1, 0.15) is 76.2 Å². The Hall–Kier alpha value is -0.340. The van der Waals surface area contributed by atoms with Gasteiger partial charge in [0.25, 0.3) is 0 Å². The van der Waals surface area contributed by atoms with Crippen molar-refractivity contribution in [2.45, 2.75) is 83.1 Å². The van der Waals surface area contributed by atoms with Crippen LogP contribution in [-0.2, 0) is 6.42 Å². The van der Waals surface area contributed by atoms with E-state index in [0.29, 0.717) is 0 Å². The molecule has 1 saturated carbocycles. The lowest BCUT2D eigenvalue weighted by molar-refractivity contribution is 0.406. The summed E-state index contributed by atoms with van der Waals surface area (Å²) in [5.74, 6) is 0. The van der Waals surface area contributed by atoms with Crippen molar-refractivity contribution in [1.82, 2.24) is 5.32 Å². The van der Waals surface area contributed by atoms with Gasteiger partial charge in [0, 0.05) is 6.04 Å². The number of rotatable bonds is 4. The number of hydrogen-bond acceptors (Lipinski definition) is 2. The van der Waals surface area contributed by atoms with Gasteiger partial charge in [-0.1, -0.05) is 57.8 Å². The van der Waals surface area contributed by atoms with Gasteiger partial charge in [0.05, 0.1) is 0 Å². The van der Waals surface area contributed by atoms with Crippen LogP contribution in [0.15, 0.2) is 16.8 Å². The molecular weight excluding hydrogens is 262 g/mol. The Morgan fingerprint density at radius 3 is 2.05 bits per heavy atom. The van der Waals surface area contributed by atoms with Gasteiger partial charge in [0.2, 0.25) is 0 Å². The minimum absolute atomic E-state index is 0.771. The SMILES string of the molecule is c1cc(CCNC2CCCCCCCCCCC2)cs1. The van der Waals surface area contributed by atoms with Gasteiger partial charge in [0.1, 0.15) is 0 Å². The summed E-state index contributed by atoms with van der Waals surface area (Å²) in [4.78, 5) is 0. The van der Waals surface area contributed by atoms with E-state index in [2.05, 4.69) is 22.1 Å². The van der Waals surface area contributed by atoms with Crippen LogP contribution in [-0.4, -0.2) is 12.6 Å². The Morgan fingerprint density at radius 2 is 1.50 bits per heavy atom. The van der Waals surface area contributed by atoms with Gasteiger partial charge in [-0.15, -0.1) is 0 Å². The molecule has 0 saturated heterocycles. The summed E-state index contributed by atoms with van der Waals surface area (Å²) >= 11 is 1.81. The molecule has 1 nitrogen and oxygen atoms in total. The molecule has 1 heterocycles. The second-order valence-corrected chi connectivity index (χ2v) is 7.07. The minimum Gasteiger partial charge on any atom is -0.314 e. The van der Waals surface area contributed by atoms with E-state index in [0.717, 1.165) is 12.6 Å². The maximum atomic E-state index is 3.82. The fourth-order valence-electron chi connectivity index (χ4n) is 3.22. The van der Waals surface area contributed by atoms with Crippen molar-refractivity contribution in [3.05, 3.63) is 22.4 Å². The van der Waals surface area contributed by atoms with Crippen molar-refractivity contribution in [2.75, 3.05) is 6.54 Å². The summed E-state index contributed by atoms with van der Waals surface area (Å²) in [6.07, 6.45) is 17.1. The van der Waals surface area contributed by atoms with E-state index in [1.54, 1.807) is 0 Å². The van der Waals surface area contributed by atoms with Gasteiger partial charge in [-0.25, -0.2) is 0 Å². The van der Waals surface area contributed by atoms with Crippen LogP contribution in [0.25, 0.3) is 0 Å². The van der Waals surface area contributed by atoms with Crippen LogP contribution in [0.3, 0.4) is 0 Å². The molecular formula is C18H31NS. The molecule has 1 aliphatic rings. The first-order chi connectivity index (χ1) is 9.95. The lowest BCUT2D eigenvalue weighted by Gasteiger charge is -2.19. The molecule has 0 aliphatic heterocycles. The minimum atomic E-state index is 0.771. The second-order valence-electron chi connectivity index (χ2n) is 6.29. The smallest absolute Gasteiger partial charge is 0.00671 e. The maximum absolute atomic E-state index is 3.82. The Labute approximate surface area is 129 Å². The number of nitrogens with one attached hydrogen (secondary N) is 1. The van der Waals surface area contributed by atoms with E-state index in [4.69, 9.17) is 0 Å². The summed E-state index contributed by atoms with van der Waals surface area (Å²) in [5.41, 5.74) is 1.50. The molecule has 0 amide bonds. The molecule has 1 aromatic rings. The molecule has 0 radical (unpaired) electrons. The van der Waals surface area contributed by atoms with Gasteiger partial charge < -0.3 is 5.32 Å². The third kappa shape index (κ3) is 6.90. The van der Waals surface area contributed by atoms with Gasteiger partial charge in [-0.2, -0.15) is 11.3 Å². The molecule has 1 N–H and O–H groups in total. The second kappa shape index (κ2) is 10.4. The van der Waals surface area contributed by atoms with Crippen molar-refractivity contribution in [1.29, 1.82) is 0 Å². The van der Waals surface area contributed by atoms with Crippen molar-refractivity contribution in [2.24, 2.45) is 0 Å². The highest BCUT2D eigenvalue weighted by atomic mass is 32.1. The molecule has 114 valence electrons. The van der Waals surface area contributed by atoms with Crippen molar-refractivity contribution in [3.63, 3.8) is 0 Å². The molecule has 1 aliphatic carbocycles. The molecule has 0 bridgehead atoms. The van der Waals surface area contributed by atoms with E-state index >= 15 is 0 Å².